The number of thiocarbonyl (C=S) groups is 1. The van der Waals surface area contributed by atoms with Crippen LogP contribution in [0.25, 0.3) is 0 Å². The van der Waals surface area contributed by atoms with Crippen molar-refractivity contribution < 1.29 is 19.1 Å². The molecule has 0 bridgehead atoms. The van der Waals surface area contributed by atoms with Gasteiger partial charge in [-0.1, -0.05) is 0 Å². The Morgan fingerprint density at radius 3 is 2.59 bits per heavy atom. The van der Waals surface area contributed by atoms with Crippen molar-refractivity contribution >= 4 is 29.3 Å². The molecule has 0 saturated carbocycles. The SMILES string of the molecule is COC(=O)CC(NC(=S)N1CCCN(Cc2ccncc2)CC1)C(=O)OC. The van der Waals surface area contributed by atoms with Gasteiger partial charge in [-0.15, -0.1) is 0 Å². The first-order valence-corrected chi connectivity index (χ1v) is 9.25. The maximum atomic E-state index is 11.9. The number of pyridine rings is 1. The van der Waals surface area contributed by atoms with Gasteiger partial charge in [-0.25, -0.2) is 4.79 Å². The molecule has 0 aromatic carbocycles. The Hall–Kier alpha value is -2.26. The van der Waals surface area contributed by atoms with Crippen LogP contribution in [0.1, 0.15) is 18.4 Å². The fourth-order valence-corrected chi connectivity index (χ4v) is 3.23. The van der Waals surface area contributed by atoms with Gasteiger partial charge in [0.2, 0.25) is 0 Å². The number of nitrogens with zero attached hydrogens (tertiary/aromatic N) is 3. The summed E-state index contributed by atoms with van der Waals surface area (Å²) in [5.74, 6) is -1.04. The zero-order valence-corrected chi connectivity index (χ0v) is 16.5. The number of aromatic nitrogens is 1. The largest absolute Gasteiger partial charge is 0.469 e. The summed E-state index contributed by atoms with van der Waals surface area (Å²) in [5, 5.41) is 3.39. The Kier molecular flexibility index (Phi) is 8.41. The third-order valence-corrected chi connectivity index (χ3v) is 4.79. The van der Waals surface area contributed by atoms with Crippen LogP contribution in [0.2, 0.25) is 0 Å². The standard InChI is InChI=1S/C18H26N4O4S/c1-25-16(23)12-15(17(24)26-2)20-18(27)22-9-3-8-21(10-11-22)13-14-4-6-19-7-5-14/h4-7,15H,3,8-13H2,1-2H3,(H,20,27). The molecule has 1 aromatic rings. The van der Waals surface area contributed by atoms with Gasteiger partial charge in [0.15, 0.2) is 5.11 Å². The highest BCUT2D eigenvalue weighted by atomic mass is 32.1. The third-order valence-electron chi connectivity index (χ3n) is 4.41. The highest BCUT2D eigenvalue weighted by Gasteiger charge is 2.26. The molecule has 2 rings (SSSR count). The van der Waals surface area contributed by atoms with E-state index in [0.717, 1.165) is 39.1 Å². The maximum Gasteiger partial charge on any atom is 0.328 e. The van der Waals surface area contributed by atoms with Crippen molar-refractivity contribution in [2.75, 3.05) is 40.4 Å². The molecule has 9 heteroatoms. The maximum absolute atomic E-state index is 11.9. The molecular formula is C18H26N4O4S. The van der Waals surface area contributed by atoms with E-state index in [-0.39, 0.29) is 6.42 Å². The molecule has 1 unspecified atom stereocenters. The van der Waals surface area contributed by atoms with Gasteiger partial charge in [-0.3, -0.25) is 14.7 Å². The average Bonchev–Trinajstić information content (AvgIpc) is 2.93. The summed E-state index contributed by atoms with van der Waals surface area (Å²) in [7, 11) is 2.56. The summed E-state index contributed by atoms with van der Waals surface area (Å²) < 4.78 is 9.39. The van der Waals surface area contributed by atoms with Crippen LogP contribution in [0, 0.1) is 0 Å². The van der Waals surface area contributed by atoms with Crippen molar-refractivity contribution in [3.63, 3.8) is 0 Å². The molecule has 1 fully saturated rings. The predicted molar refractivity (Wildman–Crippen MR) is 104 cm³/mol. The molecular weight excluding hydrogens is 368 g/mol. The van der Waals surface area contributed by atoms with Crippen LogP contribution in [-0.4, -0.2) is 78.3 Å². The molecule has 0 aliphatic carbocycles. The summed E-state index contributed by atoms with van der Waals surface area (Å²) in [4.78, 5) is 31.9. The fourth-order valence-electron chi connectivity index (χ4n) is 2.90. The molecule has 0 amide bonds. The minimum Gasteiger partial charge on any atom is -0.469 e. The van der Waals surface area contributed by atoms with E-state index in [9.17, 15) is 9.59 Å². The van der Waals surface area contributed by atoms with Gasteiger partial charge in [0, 0.05) is 45.1 Å². The van der Waals surface area contributed by atoms with Crippen LogP contribution < -0.4 is 5.32 Å². The first-order chi connectivity index (χ1) is 13.0. The van der Waals surface area contributed by atoms with Crippen molar-refractivity contribution in [1.82, 2.24) is 20.1 Å². The Morgan fingerprint density at radius 1 is 1.19 bits per heavy atom. The Balaban J connectivity index is 1.90. The molecule has 1 N–H and O–H groups in total. The van der Waals surface area contributed by atoms with E-state index >= 15 is 0 Å². The molecule has 8 nitrogen and oxygen atoms in total. The van der Waals surface area contributed by atoms with Gasteiger partial charge < -0.3 is 19.7 Å². The molecule has 0 radical (unpaired) electrons. The van der Waals surface area contributed by atoms with E-state index in [0.29, 0.717) is 5.11 Å². The van der Waals surface area contributed by atoms with Crippen LogP contribution in [0.3, 0.4) is 0 Å². The number of hydrogen-bond acceptors (Lipinski definition) is 7. The minimum atomic E-state index is -0.855. The van der Waals surface area contributed by atoms with Crippen LogP contribution in [0.5, 0.6) is 0 Å². The Bertz CT molecular complexity index is 644. The van der Waals surface area contributed by atoms with Gasteiger partial charge in [-0.2, -0.15) is 0 Å². The van der Waals surface area contributed by atoms with E-state index in [1.54, 1.807) is 12.4 Å². The topological polar surface area (TPSA) is 84.0 Å². The van der Waals surface area contributed by atoms with Gasteiger partial charge in [0.05, 0.1) is 20.6 Å². The summed E-state index contributed by atoms with van der Waals surface area (Å²) in [6.07, 6.45) is 4.41. The quantitative estimate of drug-likeness (QED) is 0.550. The van der Waals surface area contributed by atoms with E-state index in [1.807, 2.05) is 17.0 Å². The van der Waals surface area contributed by atoms with E-state index in [2.05, 4.69) is 19.9 Å². The Morgan fingerprint density at radius 2 is 1.93 bits per heavy atom. The van der Waals surface area contributed by atoms with Crippen molar-refractivity contribution in [2.24, 2.45) is 0 Å². The molecule has 1 aliphatic rings. The van der Waals surface area contributed by atoms with Crippen molar-refractivity contribution in [1.29, 1.82) is 0 Å². The van der Waals surface area contributed by atoms with E-state index < -0.39 is 18.0 Å². The molecule has 148 valence electrons. The zero-order chi connectivity index (χ0) is 19.6. The first kappa shape index (κ1) is 21.0. The fraction of sp³-hybridized carbons (Fsp3) is 0.556. The molecule has 1 aromatic heterocycles. The average molecular weight is 394 g/mol. The highest BCUT2D eigenvalue weighted by Crippen LogP contribution is 2.09. The number of ether oxygens (including phenoxy) is 2. The number of carbonyl (C=O) groups is 2. The van der Waals surface area contributed by atoms with Crippen LogP contribution in [-0.2, 0) is 25.6 Å². The molecule has 1 aliphatic heterocycles. The van der Waals surface area contributed by atoms with Gasteiger partial charge in [0.25, 0.3) is 0 Å². The highest BCUT2D eigenvalue weighted by molar-refractivity contribution is 7.80. The minimum absolute atomic E-state index is 0.134. The molecule has 1 saturated heterocycles. The first-order valence-electron chi connectivity index (χ1n) is 8.84. The molecule has 27 heavy (non-hydrogen) atoms. The number of esters is 2. The summed E-state index contributed by atoms with van der Waals surface area (Å²) >= 11 is 5.46. The van der Waals surface area contributed by atoms with E-state index in [1.165, 1.54) is 19.8 Å². The normalized spacial score (nSPS) is 16.1. The van der Waals surface area contributed by atoms with Gasteiger partial charge >= 0.3 is 11.9 Å². The second kappa shape index (κ2) is 10.8. The van der Waals surface area contributed by atoms with Crippen molar-refractivity contribution in [3.05, 3.63) is 30.1 Å². The van der Waals surface area contributed by atoms with Gasteiger partial charge in [-0.05, 0) is 36.3 Å². The van der Waals surface area contributed by atoms with Crippen molar-refractivity contribution in [2.45, 2.75) is 25.4 Å². The lowest BCUT2D eigenvalue weighted by atomic mass is 10.2. The number of rotatable bonds is 6. The smallest absolute Gasteiger partial charge is 0.328 e. The van der Waals surface area contributed by atoms with E-state index in [4.69, 9.17) is 17.0 Å². The van der Waals surface area contributed by atoms with Crippen molar-refractivity contribution in [3.8, 4) is 0 Å². The number of carbonyl (C=O) groups excluding carboxylic acids is 2. The molecule has 1 atom stereocenters. The number of methoxy groups -OCH3 is 2. The summed E-state index contributed by atoms with van der Waals surface area (Å²) in [5.41, 5.74) is 1.22. The second-order valence-corrected chi connectivity index (χ2v) is 6.66. The third kappa shape index (κ3) is 6.76. The lowest BCUT2D eigenvalue weighted by Crippen LogP contribution is -2.49. The number of nitrogens with one attached hydrogen (secondary N) is 1. The summed E-state index contributed by atoms with van der Waals surface area (Å²) in [6.45, 7) is 4.20. The Labute approximate surface area is 164 Å². The monoisotopic (exact) mass is 394 g/mol. The van der Waals surface area contributed by atoms with Crippen LogP contribution in [0.15, 0.2) is 24.5 Å². The lowest BCUT2D eigenvalue weighted by molar-refractivity contribution is -0.149. The second-order valence-electron chi connectivity index (χ2n) is 6.28. The zero-order valence-electron chi connectivity index (χ0n) is 15.7. The van der Waals surface area contributed by atoms with Gasteiger partial charge in [0.1, 0.15) is 6.04 Å². The van der Waals surface area contributed by atoms with Crippen LogP contribution >= 0.6 is 12.2 Å². The van der Waals surface area contributed by atoms with Crippen LogP contribution in [0.4, 0.5) is 0 Å². The number of hydrogen-bond donors (Lipinski definition) is 1. The lowest BCUT2D eigenvalue weighted by Gasteiger charge is -2.27. The summed E-state index contributed by atoms with van der Waals surface area (Å²) in [6, 6.07) is 3.18. The molecule has 2 heterocycles. The predicted octanol–water partition coefficient (Wildman–Crippen LogP) is 0.569. The molecule has 0 spiro atoms.